The zero-order valence-electron chi connectivity index (χ0n) is 33.5. The fourth-order valence-corrected chi connectivity index (χ4v) is 5.54. The molecule has 3 aromatic rings. The van der Waals surface area contributed by atoms with Gasteiger partial charge in [0, 0.05) is 21.3 Å². The molecule has 0 aliphatic rings. The van der Waals surface area contributed by atoms with Gasteiger partial charge >= 0.3 is 58.4 Å². The van der Waals surface area contributed by atoms with Crippen LogP contribution in [0, 0.1) is 6.92 Å². The second kappa shape index (κ2) is 31.4. The first-order chi connectivity index (χ1) is 24.5. The smallest absolute Gasteiger partial charge is 0.500 e. The van der Waals surface area contributed by atoms with Gasteiger partial charge in [-0.2, -0.15) is 0 Å². The molecule has 0 amide bonds. The minimum atomic E-state index is -5.06. The number of rotatable bonds is 17. The molecule has 0 saturated carbocycles. The van der Waals surface area contributed by atoms with Crippen molar-refractivity contribution in [3.63, 3.8) is 0 Å². The summed E-state index contributed by atoms with van der Waals surface area (Å²) in [5, 5.41) is 0. The van der Waals surface area contributed by atoms with Gasteiger partial charge in [-0.15, -0.1) is 0 Å². The van der Waals surface area contributed by atoms with Gasteiger partial charge in [0.15, 0.2) is 6.29 Å². The molecule has 0 bridgehead atoms. The first kappa shape index (κ1) is 61.1. The van der Waals surface area contributed by atoms with E-state index in [2.05, 4.69) is 15.9 Å². The third-order valence-electron chi connectivity index (χ3n) is 7.03. The number of hydrogen-bond donors (Lipinski definition) is 0. The van der Waals surface area contributed by atoms with Crippen LogP contribution in [0.1, 0.15) is 84.1 Å². The summed E-state index contributed by atoms with van der Waals surface area (Å²) in [6, 6.07) is 10.5. The predicted molar refractivity (Wildman–Crippen MR) is 221 cm³/mol. The Labute approximate surface area is 386 Å². The summed E-state index contributed by atoms with van der Waals surface area (Å²) in [4.78, 5) is 0. The van der Waals surface area contributed by atoms with E-state index < -0.39 is 18.7 Å². The zero-order chi connectivity index (χ0) is 39.6. The second-order valence-corrected chi connectivity index (χ2v) is 12.6. The maximum Gasteiger partial charge on any atom is 1.00 e. The standard InChI is InChI=1S/C17H28O5.C10H13BF3O2.C10H13BrO3.3CH4.K/c1-11(2)21-17(22-12(3)4)16-14(19-6)8-13(10-18-5)9-15(16)20-7;1-7-4-8(6-15-2)5-9(16-3)10(7)11(12,13)14;1-12-6-7-4-8(13-2)10(11)9(5-7)14-3;;;;/h8-9,11-12,17H,10H2,1-7H3;4-5H,6H2,1-3H3;4-5H,6H2,1-3H3;3*1H4;/q;-1;;;;;+1. The molecule has 0 aliphatic heterocycles. The summed E-state index contributed by atoms with van der Waals surface area (Å²) in [5.74, 6) is 2.68. The van der Waals surface area contributed by atoms with Gasteiger partial charge in [0.05, 0.1) is 78.9 Å². The summed E-state index contributed by atoms with van der Waals surface area (Å²) < 4.78 is 92.3. The Hall–Kier alpha value is -1.57. The van der Waals surface area contributed by atoms with Crippen LogP contribution >= 0.6 is 15.9 Å². The summed E-state index contributed by atoms with van der Waals surface area (Å²) in [5.41, 5.74) is 2.91. The Morgan fingerprint density at radius 3 is 1.12 bits per heavy atom. The van der Waals surface area contributed by atoms with Gasteiger partial charge in [-0.3, -0.25) is 0 Å². The molecule has 0 unspecified atom stereocenters. The Kier molecular flexibility index (Phi) is 34.2. The molecule has 0 aliphatic carbocycles. The number of hydrogen-bond acceptors (Lipinski definition) is 10. The van der Waals surface area contributed by atoms with Crippen LogP contribution in [0.25, 0.3) is 0 Å². The number of methoxy groups -OCH3 is 8. The van der Waals surface area contributed by atoms with E-state index in [4.69, 9.17) is 47.4 Å². The van der Waals surface area contributed by atoms with Crippen molar-refractivity contribution in [2.75, 3.05) is 56.9 Å². The van der Waals surface area contributed by atoms with E-state index in [0.29, 0.717) is 30.3 Å². The van der Waals surface area contributed by atoms with Crippen LogP contribution in [0.3, 0.4) is 0 Å². The van der Waals surface area contributed by atoms with Crippen molar-refractivity contribution in [1.82, 2.24) is 0 Å². The minimum absolute atomic E-state index is 0. The Morgan fingerprint density at radius 1 is 0.536 bits per heavy atom. The van der Waals surface area contributed by atoms with Crippen LogP contribution in [0.15, 0.2) is 40.9 Å². The van der Waals surface area contributed by atoms with Gasteiger partial charge in [0.25, 0.3) is 0 Å². The molecule has 0 radical (unpaired) electrons. The van der Waals surface area contributed by atoms with Crippen molar-refractivity contribution in [2.45, 2.75) is 95.2 Å². The summed E-state index contributed by atoms with van der Waals surface area (Å²) in [6.45, 7) is 5.52. The van der Waals surface area contributed by atoms with Crippen molar-refractivity contribution in [3.05, 3.63) is 68.7 Å². The van der Waals surface area contributed by atoms with Crippen molar-refractivity contribution in [3.8, 4) is 28.7 Å². The molecule has 16 heteroatoms. The average molecular weight is 894 g/mol. The molecule has 318 valence electrons. The number of ether oxygens (including phenoxy) is 10. The molecule has 0 atom stereocenters. The van der Waals surface area contributed by atoms with Crippen LogP contribution in [0.4, 0.5) is 12.9 Å². The van der Waals surface area contributed by atoms with E-state index in [1.165, 1.54) is 33.3 Å². The van der Waals surface area contributed by atoms with Crippen LogP contribution in [0.5, 0.6) is 28.7 Å². The third-order valence-corrected chi connectivity index (χ3v) is 7.81. The van der Waals surface area contributed by atoms with E-state index >= 15 is 0 Å². The third kappa shape index (κ3) is 19.9. The first-order valence-electron chi connectivity index (χ1n) is 16.4. The molecule has 0 N–H and O–H groups in total. The largest absolute Gasteiger partial charge is 1.00 e. The van der Waals surface area contributed by atoms with E-state index in [-0.39, 0.29) is 104 Å². The molecule has 0 heterocycles. The summed E-state index contributed by atoms with van der Waals surface area (Å²) in [6.07, 6.45) is -0.532. The normalized spacial score (nSPS) is 10.4. The second-order valence-electron chi connectivity index (χ2n) is 11.8. The molecule has 0 saturated heterocycles. The van der Waals surface area contributed by atoms with Gasteiger partial charge in [0.1, 0.15) is 27.5 Å². The van der Waals surface area contributed by atoms with E-state index in [0.717, 1.165) is 32.7 Å². The Balaban J connectivity index is -0.000000359. The van der Waals surface area contributed by atoms with Gasteiger partial charge in [-0.05, 0) is 97.6 Å². The Bertz CT molecular complexity index is 1450. The quantitative estimate of drug-likeness (QED) is 0.101. The predicted octanol–water partition coefficient (Wildman–Crippen LogP) is 7.43. The molecule has 3 aromatic carbocycles. The fraction of sp³-hybridized carbons (Fsp3) is 0.550. The zero-order valence-corrected chi connectivity index (χ0v) is 38.2. The molecule has 56 heavy (non-hydrogen) atoms. The van der Waals surface area contributed by atoms with Crippen LogP contribution in [-0.2, 0) is 43.5 Å². The first-order valence-corrected chi connectivity index (χ1v) is 17.1. The maximum absolute atomic E-state index is 12.8. The molecule has 10 nitrogen and oxygen atoms in total. The number of halogens is 4. The van der Waals surface area contributed by atoms with Crippen molar-refractivity contribution >= 4 is 28.4 Å². The summed E-state index contributed by atoms with van der Waals surface area (Å²) >= 11 is 3.40. The monoisotopic (exact) mass is 892 g/mol. The van der Waals surface area contributed by atoms with Crippen molar-refractivity contribution in [2.24, 2.45) is 0 Å². The van der Waals surface area contributed by atoms with E-state index in [1.807, 2.05) is 52.0 Å². The topological polar surface area (TPSA) is 92.3 Å². The van der Waals surface area contributed by atoms with Crippen molar-refractivity contribution < 1.29 is 112 Å². The van der Waals surface area contributed by atoms with Gasteiger partial charge < -0.3 is 60.3 Å². The number of aryl methyl sites for hydroxylation is 1. The van der Waals surface area contributed by atoms with Crippen LogP contribution in [-0.4, -0.2) is 76.1 Å². The molecule has 3 rings (SSSR count). The van der Waals surface area contributed by atoms with E-state index in [9.17, 15) is 12.9 Å². The molecule has 0 aromatic heterocycles. The molecular weight excluding hydrogens is 827 g/mol. The molecule has 0 fully saturated rings. The van der Waals surface area contributed by atoms with Gasteiger partial charge in [-0.25, -0.2) is 0 Å². The SMILES string of the molecule is C.C.C.COCc1cc(C)c([B-](F)(F)F)c(OC)c1.COCc1cc(OC)c(Br)c(OC)c1.COCc1cc(OC)c(C(OC(C)C)OC(C)C)c(OC)c1.[K+]. The summed E-state index contributed by atoms with van der Waals surface area (Å²) in [7, 11) is 12.5. The van der Waals surface area contributed by atoms with Gasteiger partial charge in [-0.1, -0.05) is 39.4 Å². The van der Waals surface area contributed by atoms with Crippen LogP contribution < -0.4 is 80.5 Å². The maximum atomic E-state index is 12.8. The fourth-order valence-electron chi connectivity index (χ4n) is 4.99. The number of benzene rings is 3. The van der Waals surface area contributed by atoms with E-state index in [1.54, 1.807) is 42.7 Å². The molecular formula is C40H66BBrF3KO10. The molecule has 0 spiro atoms. The van der Waals surface area contributed by atoms with Gasteiger partial charge in [0.2, 0.25) is 0 Å². The minimum Gasteiger partial charge on any atom is -0.500 e. The van der Waals surface area contributed by atoms with Crippen molar-refractivity contribution in [1.29, 1.82) is 0 Å². The average Bonchev–Trinajstić information content (AvgIpc) is 3.07. The van der Waals surface area contributed by atoms with Crippen LogP contribution in [0.2, 0.25) is 0 Å². The Morgan fingerprint density at radius 2 is 0.839 bits per heavy atom.